The molecule has 3 rings (SSSR count). The van der Waals surface area contributed by atoms with E-state index in [-0.39, 0.29) is 11.5 Å². The third-order valence-corrected chi connectivity index (χ3v) is 4.52. The molecule has 0 spiro atoms. The molecule has 0 aliphatic heterocycles. The van der Waals surface area contributed by atoms with Crippen molar-refractivity contribution in [1.82, 2.24) is 9.36 Å². The van der Waals surface area contributed by atoms with Gasteiger partial charge in [-0.05, 0) is 50.2 Å². The highest BCUT2D eigenvalue weighted by molar-refractivity contribution is 5.89. The average molecular weight is 393 g/mol. The number of esters is 1. The second-order valence-corrected chi connectivity index (χ2v) is 6.39. The number of hydrogen-bond acceptors (Lipinski definition) is 5. The predicted molar refractivity (Wildman–Crippen MR) is 111 cm³/mol. The SMILES string of the molecule is CCOC(=O)c1ccc(N=NN(C)c2c(C)n(C)n(-c3ccccc3)c2=O)cc1. The molecule has 0 atom stereocenters. The fourth-order valence-corrected chi connectivity index (χ4v) is 2.97. The summed E-state index contributed by atoms with van der Waals surface area (Å²) in [5, 5.41) is 9.78. The Morgan fingerprint density at radius 1 is 1.10 bits per heavy atom. The zero-order valence-corrected chi connectivity index (χ0v) is 16.9. The molecule has 0 fully saturated rings. The minimum Gasteiger partial charge on any atom is -0.462 e. The lowest BCUT2D eigenvalue weighted by atomic mass is 10.2. The van der Waals surface area contributed by atoms with Crippen molar-refractivity contribution in [3.8, 4) is 5.69 Å². The number of para-hydroxylation sites is 1. The van der Waals surface area contributed by atoms with Gasteiger partial charge in [0.1, 0.15) is 5.69 Å². The first kappa shape index (κ1) is 20.1. The maximum atomic E-state index is 13.0. The smallest absolute Gasteiger partial charge is 0.338 e. The zero-order chi connectivity index (χ0) is 21.0. The van der Waals surface area contributed by atoms with Crippen molar-refractivity contribution in [3.63, 3.8) is 0 Å². The van der Waals surface area contributed by atoms with Gasteiger partial charge in [-0.1, -0.05) is 23.4 Å². The van der Waals surface area contributed by atoms with E-state index in [1.807, 2.05) is 44.3 Å². The zero-order valence-electron chi connectivity index (χ0n) is 16.9. The Hall–Kier alpha value is -3.68. The van der Waals surface area contributed by atoms with Gasteiger partial charge in [-0.25, -0.2) is 14.5 Å². The van der Waals surface area contributed by atoms with Crippen LogP contribution in [0.1, 0.15) is 23.0 Å². The molecule has 1 aromatic heterocycles. The van der Waals surface area contributed by atoms with E-state index in [1.165, 1.54) is 5.01 Å². The molecule has 0 aliphatic rings. The molecule has 0 aliphatic carbocycles. The van der Waals surface area contributed by atoms with E-state index in [2.05, 4.69) is 10.3 Å². The lowest BCUT2D eigenvalue weighted by Gasteiger charge is -2.09. The second-order valence-electron chi connectivity index (χ2n) is 6.39. The van der Waals surface area contributed by atoms with Crippen LogP contribution in [0.3, 0.4) is 0 Å². The monoisotopic (exact) mass is 393 g/mol. The standard InChI is InChI=1S/C21H23N5O3/c1-5-29-21(28)16-11-13-17(14-12-16)22-23-24(3)19-15(2)25(4)26(20(19)27)18-9-7-6-8-10-18/h6-14H,5H2,1-4H3. The van der Waals surface area contributed by atoms with Gasteiger partial charge in [0.25, 0.3) is 5.56 Å². The van der Waals surface area contributed by atoms with Crippen molar-refractivity contribution in [3.05, 3.63) is 76.2 Å². The number of hydrogen-bond donors (Lipinski definition) is 0. The molecule has 150 valence electrons. The van der Waals surface area contributed by atoms with Crippen molar-refractivity contribution >= 4 is 17.3 Å². The summed E-state index contributed by atoms with van der Waals surface area (Å²) in [5.41, 5.74) is 2.79. The summed E-state index contributed by atoms with van der Waals surface area (Å²) in [7, 11) is 3.50. The molecule has 0 amide bonds. The van der Waals surface area contributed by atoms with Gasteiger partial charge < -0.3 is 4.74 Å². The number of nitrogens with zero attached hydrogens (tertiary/aromatic N) is 5. The summed E-state index contributed by atoms with van der Waals surface area (Å²) in [4.78, 5) is 24.7. The highest BCUT2D eigenvalue weighted by Gasteiger charge is 2.19. The van der Waals surface area contributed by atoms with Crippen LogP contribution in [0.4, 0.5) is 11.4 Å². The summed E-state index contributed by atoms with van der Waals surface area (Å²) in [6.45, 7) is 3.94. The highest BCUT2D eigenvalue weighted by Crippen LogP contribution is 2.20. The van der Waals surface area contributed by atoms with Crippen LogP contribution in [0, 0.1) is 6.92 Å². The number of aromatic nitrogens is 2. The molecule has 0 bridgehead atoms. The maximum Gasteiger partial charge on any atom is 0.338 e. The van der Waals surface area contributed by atoms with E-state index in [4.69, 9.17) is 4.74 Å². The summed E-state index contributed by atoms with van der Waals surface area (Å²) in [6, 6.07) is 16.0. The van der Waals surface area contributed by atoms with E-state index < -0.39 is 0 Å². The Morgan fingerprint density at radius 3 is 2.38 bits per heavy atom. The quantitative estimate of drug-likeness (QED) is 0.362. The van der Waals surface area contributed by atoms with Crippen LogP contribution in [-0.2, 0) is 11.8 Å². The molecule has 8 heteroatoms. The van der Waals surface area contributed by atoms with Gasteiger partial charge in [0, 0.05) is 14.1 Å². The van der Waals surface area contributed by atoms with Crippen LogP contribution in [0.5, 0.6) is 0 Å². The van der Waals surface area contributed by atoms with Gasteiger partial charge >= 0.3 is 5.97 Å². The van der Waals surface area contributed by atoms with Crippen molar-refractivity contribution in [1.29, 1.82) is 0 Å². The first-order chi connectivity index (χ1) is 13.9. The van der Waals surface area contributed by atoms with Crippen LogP contribution >= 0.6 is 0 Å². The predicted octanol–water partition coefficient (Wildman–Crippen LogP) is 3.80. The maximum absolute atomic E-state index is 13.0. The minimum absolute atomic E-state index is 0.185. The summed E-state index contributed by atoms with van der Waals surface area (Å²) in [6.07, 6.45) is 0. The minimum atomic E-state index is -0.380. The van der Waals surface area contributed by atoms with E-state index in [0.29, 0.717) is 23.5 Å². The normalized spacial score (nSPS) is 11.0. The Labute approximate surface area is 168 Å². The summed E-state index contributed by atoms with van der Waals surface area (Å²) >= 11 is 0. The second kappa shape index (κ2) is 8.55. The molecule has 2 aromatic carbocycles. The Bertz CT molecular complexity index is 1080. The fraction of sp³-hybridized carbons (Fsp3) is 0.238. The average Bonchev–Trinajstić information content (AvgIpc) is 2.96. The summed E-state index contributed by atoms with van der Waals surface area (Å²) in [5.74, 6) is -0.380. The van der Waals surface area contributed by atoms with Crippen LogP contribution in [-0.4, -0.2) is 29.0 Å². The molecule has 0 radical (unpaired) electrons. The van der Waals surface area contributed by atoms with Gasteiger partial charge in [0.15, 0.2) is 0 Å². The van der Waals surface area contributed by atoms with Crippen molar-refractivity contribution < 1.29 is 9.53 Å². The molecule has 0 N–H and O–H groups in total. The summed E-state index contributed by atoms with van der Waals surface area (Å²) < 4.78 is 8.33. The van der Waals surface area contributed by atoms with E-state index in [9.17, 15) is 9.59 Å². The van der Waals surface area contributed by atoms with Crippen LogP contribution in [0.25, 0.3) is 5.69 Å². The van der Waals surface area contributed by atoms with Gasteiger partial charge in [-0.3, -0.25) is 9.48 Å². The molecule has 0 unspecified atom stereocenters. The van der Waals surface area contributed by atoms with Gasteiger partial charge in [-0.15, -0.1) is 5.11 Å². The lowest BCUT2D eigenvalue weighted by Crippen LogP contribution is -2.23. The third kappa shape index (κ3) is 4.11. The first-order valence-corrected chi connectivity index (χ1v) is 9.20. The van der Waals surface area contributed by atoms with Crippen molar-refractivity contribution in [2.75, 3.05) is 18.7 Å². The number of anilines is 1. The van der Waals surface area contributed by atoms with Crippen LogP contribution in [0.2, 0.25) is 0 Å². The van der Waals surface area contributed by atoms with Crippen molar-refractivity contribution in [2.24, 2.45) is 17.4 Å². The molecule has 29 heavy (non-hydrogen) atoms. The van der Waals surface area contributed by atoms with E-state index >= 15 is 0 Å². The number of benzene rings is 2. The molecule has 1 heterocycles. The number of carbonyl (C=O) groups is 1. The molecule has 8 nitrogen and oxygen atoms in total. The molecule has 0 saturated carbocycles. The van der Waals surface area contributed by atoms with Crippen molar-refractivity contribution in [2.45, 2.75) is 13.8 Å². The fourth-order valence-electron chi connectivity index (χ4n) is 2.97. The highest BCUT2D eigenvalue weighted by atomic mass is 16.5. The molecular weight excluding hydrogens is 370 g/mol. The van der Waals surface area contributed by atoms with Crippen LogP contribution in [0.15, 0.2) is 69.7 Å². The van der Waals surface area contributed by atoms with Gasteiger partial charge in [-0.2, -0.15) is 0 Å². The van der Waals surface area contributed by atoms with Crippen LogP contribution < -0.4 is 10.6 Å². The topological polar surface area (TPSA) is 81.2 Å². The number of carbonyl (C=O) groups excluding carboxylic acids is 1. The first-order valence-electron chi connectivity index (χ1n) is 9.20. The Balaban J connectivity index is 1.85. The Kier molecular flexibility index (Phi) is 5.92. The largest absolute Gasteiger partial charge is 0.462 e. The van der Waals surface area contributed by atoms with E-state index in [1.54, 1.807) is 47.6 Å². The van der Waals surface area contributed by atoms with Gasteiger partial charge in [0.2, 0.25) is 0 Å². The third-order valence-electron chi connectivity index (χ3n) is 4.52. The number of ether oxygens (including phenoxy) is 1. The molecule has 0 saturated heterocycles. The Morgan fingerprint density at radius 2 is 1.76 bits per heavy atom. The molecular formula is C21H23N5O3. The molecule has 3 aromatic rings. The van der Waals surface area contributed by atoms with E-state index in [0.717, 1.165) is 11.4 Å². The van der Waals surface area contributed by atoms with Gasteiger partial charge in [0.05, 0.1) is 29.2 Å². The number of rotatable bonds is 6. The lowest BCUT2D eigenvalue weighted by molar-refractivity contribution is 0.0526.